The van der Waals surface area contributed by atoms with E-state index in [1.54, 1.807) is 11.8 Å². The Labute approximate surface area is 109 Å². The number of nitrogens with one attached hydrogen (secondary N) is 1. The summed E-state index contributed by atoms with van der Waals surface area (Å²) in [6.45, 7) is 4.90. The van der Waals surface area contributed by atoms with Crippen LogP contribution in [0.5, 0.6) is 0 Å². The van der Waals surface area contributed by atoms with Crippen LogP contribution in [0.25, 0.3) is 0 Å². The quantitative estimate of drug-likeness (QED) is 0.612. The lowest BCUT2D eigenvalue weighted by Gasteiger charge is -2.22. The number of thioether (sulfide) groups is 1. The number of methoxy groups -OCH3 is 1. The molecule has 0 aromatic heterocycles. The van der Waals surface area contributed by atoms with Crippen molar-refractivity contribution in [2.45, 2.75) is 38.8 Å². The van der Waals surface area contributed by atoms with E-state index in [0.29, 0.717) is 12.5 Å². The predicted molar refractivity (Wildman–Crippen MR) is 74.2 cm³/mol. The lowest BCUT2D eigenvalue weighted by atomic mass is 10.00. The number of carbonyl (C=O) groups excluding carboxylic acids is 1. The summed E-state index contributed by atoms with van der Waals surface area (Å²) in [5.41, 5.74) is 6.03. The van der Waals surface area contributed by atoms with E-state index in [1.165, 1.54) is 7.11 Å². The van der Waals surface area contributed by atoms with E-state index in [9.17, 15) is 4.79 Å². The van der Waals surface area contributed by atoms with E-state index in [4.69, 9.17) is 10.5 Å². The molecule has 0 amide bonds. The summed E-state index contributed by atoms with van der Waals surface area (Å²) in [6, 6.07) is -0.149. The van der Waals surface area contributed by atoms with Crippen LogP contribution in [0.15, 0.2) is 0 Å². The third kappa shape index (κ3) is 6.91. The maximum atomic E-state index is 11.5. The normalized spacial score (nSPS) is 16.3. The molecule has 0 rings (SSSR count). The summed E-state index contributed by atoms with van der Waals surface area (Å²) in [6.07, 6.45) is 3.86. The van der Waals surface area contributed by atoms with Gasteiger partial charge in [0.25, 0.3) is 0 Å². The Kier molecular flexibility index (Phi) is 9.59. The molecule has 5 heteroatoms. The van der Waals surface area contributed by atoms with Gasteiger partial charge in [-0.05, 0) is 24.3 Å². The van der Waals surface area contributed by atoms with Gasteiger partial charge in [-0.25, -0.2) is 0 Å². The Morgan fingerprint density at radius 3 is 2.65 bits per heavy atom. The molecule has 0 aliphatic heterocycles. The first kappa shape index (κ1) is 16.7. The Bertz CT molecular complexity index is 215. The van der Waals surface area contributed by atoms with Gasteiger partial charge in [-0.1, -0.05) is 20.3 Å². The fourth-order valence-corrected chi connectivity index (χ4v) is 1.93. The van der Waals surface area contributed by atoms with Gasteiger partial charge in [-0.2, -0.15) is 11.8 Å². The maximum Gasteiger partial charge on any atom is 0.322 e. The van der Waals surface area contributed by atoms with Crippen molar-refractivity contribution in [1.82, 2.24) is 5.32 Å². The van der Waals surface area contributed by atoms with Crippen LogP contribution in [-0.2, 0) is 9.53 Å². The molecule has 17 heavy (non-hydrogen) atoms. The van der Waals surface area contributed by atoms with Crippen molar-refractivity contribution in [3.63, 3.8) is 0 Å². The second-order valence-corrected chi connectivity index (χ2v) is 5.30. The van der Waals surface area contributed by atoms with Crippen LogP contribution in [0.3, 0.4) is 0 Å². The van der Waals surface area contributed by atoms with Gasteiger partial charge in [-0.3, -0.25) is 4.79 Å². The zero-order valence-corrected chi connectivity index (χ0v) is 12.2. The highest BCUT2D eigenvalue weighted by atomic mass is 32.2. The second kappa shape index (κ2) is 9.74. The van der Waals surface area contributed by atoms with Crippen molar-refractivity contribution in [3.8, 4) is 0 Å². The fourth-order valence-electron chi connectivity index (χ4n) is 1.46. The Morgan fingerprint density at radius 1 is 1.53 bits per heavy atom. The first-order valence-electron chi connectivity index (χ1n) is 6.12. The highest BCUT2D eigenvalue weighted by molar-refractivity contribution is 7.98. The molecule has 102 valence electrons. The third-order valence-corrected chi connectivity index (χ3v) is 3.72. The molecular weight excluding hydrogens is 236 g/mol. The van der Waals surface area contributed by atoms with Gasteiger partial charge in [0.15, 0.2) is 0 Å². The standard InChI is InChI=1S/C12H26N2O2S/c1-5-9(2)10(13)8-14-11(6-7-17-4)12(15)16-3/h9-11,14H,5-8,13H2,1-4H3/t9?,10?,11-/m0/s1. The van der Waals surface area contributed by atoms with Crippen LogP contribution in [0.1, 0.15) is 26.7 Å². The van der Waals surface area contributed by atoms with E-state index in [1.807, 2.05) is 6.26 Å². The van der Waals surface area contributed by atoms with Crippen LogP contribution in [-0.4, -0.2) is 43.7 Å². The molecule has 0 aliphatic rings. The molecule has 0 radical (unpaired) electrons. The number of carbonyl (C=O) groups is 1. The Hall–Kier alpha value is -0.260. The number of esters is 1. The SMILES string of the molecule is CCC(C)C(N)CN[C@@H](CCSC)C(=O)OC. The highest BCUT2D eigenvalue weighted by Gasteiger charge is 2.20. The first-order valence-corrected chi connectivity index (χ1v) is 7.51. The summed E-state index contributed by atoms with van der Waals surface area (Å²) < 4.78 is 4.78. The largest absolute Gasteiger partial charge is 0.468 e. The fraction of sp³-hybridized carbons (Fsp3) is 0.917. The van der Waals surface area contributed by atoms with Crippen LogP contribution in [0, 0.1) is 5.92 Å². The molecule has 3 atom stereocenters. The van der Waals surface area contributed by atoms with Crippen molar-refractivity contribution < 1.29 is 9.53 Å². The molecule has 4 nitrogen and oxygen atoms in total. The van der Waals surface area contributed by atoms with Gasteiger partial charge in [0.05, 0.1) is 7.11 Å². The molecular formula is C12H26N2O2S. The zero-order valence-electron chi connectivity index (χ0n) is 11.4. The van der Waals surface area contributed by atoms with Crippen molar-refractivity contribution in [3.05, 3.63) is 0 Å². The molecule has 0 saturated carbocycles. The Morgan fingerprint density at radius 2 is 2.18 bits per heavy atom. The van der Waals surface area contributed by atoms with Gasteiger partial charge < -0.3 is 15.8 Å². The summed E-state index contributed by atoms with van der Waals surface area (Å²) in [4.78, 5) is 11.5. The van der Waals surface area contributed by atoms with Crippen molar-refractivity contribution in [1.29, 1.82) is 0 Å². The molecule has 0 fully saturated rings. The zero-order chi connectivity index (χ0) is 13.3. The number of nitrogens with two attached hydrogens (primary N) is 1. The average Bonchev–Trinajstić information content (AvgIpc) is 2.36. The molecule has 3 N–H and O–H groups in total. The highest BCUT2D eigenvalue weighted by Crippen LogP contribution is 2.06. The van der Waals surface area contributed by atoms with Crippen molar-refractivity contribution >= 4 is 17.7 Å². The summed E-state index contributed by atoms with van der Waals surface area (Å²) >= 11 is 1.72. The van der Waals surface area contributed by atoms with Crippen molar-refractivity contribution in [2.75, 3.05) is 25.7 Å². The molecule has 0 aromatic carbocycles. The van der Waals surface area contributed by atoms with Gasteiger partial charge in [0.1, 0.15) is 6.04 Å². The lowest BCUT2D eigenvalue weighted by molar-refractivity contribution is -0.143. The number of rotatable bonds is 9. The summed E-state index contributed by atoms with van der Waals surface area (Å²) in [5.74, 6) is 1.20. The summed E-state index contributed by atoms with van der Waals surface area (Å²) in [5, 5.41) is 3.21. The Balaban J connectivity index is 4.10. The maximum absolute atomic E-state index is 11.5. The second-order valence-electron chi connectivity index (χ2n) is 4.31. The third-order valence-electron chi connectivity index (χ3n) is 3.07. The molecule has 0 aliphatic carbocycles. The molecule has 0 saturated heterocycles. The van der Waals surface area contributed by atoms with Crippen LogP contribution in [0.4, 0.5) is 0 Å². The van der Waals surface area contributed by atoms with Gasteiger partial charge in [0.2, 0.25) is 0 Å². The molecule has 0 heterocycles. The number of ether oxygens (including phenoxy) is 1. The van der Waals surface area contributed by atoms with E-state index in [-0.39, 0.29) is 18.1 Å². The lowest BCUT2D eigenvalue weighted by Crippen LogP contribution is -2.46. The van der Waals surface area contributed by atoms with E-state index in [2.05, 4.69) is 19.2 Å². The molecule has 2 unspecified atom stereocenters. The number of hydrogen-bond acceptors (Lipinski definition) is 5. The van der Waals surface area contributed by atoms with Crippen LogP contribution >= 0.6 is 11.8 Å². The molecule has 0 spiro atoms. The first-order chi connectivity index (χ1) is 8.06. The molecule has 0 bridgehead atoms. The summed E-state index contributed by atoms with van der Waals surface area (Å²) in [7, 11) is 1.42. The molecule has 0 aromatic rings. The van der Waals surface area contributed by atoms with Crippen LogP contribution in [0.2, 0.25) is 0 Å². The van der Waals surface area contributed by atoms with E-state index >= 15 is 0 Å². The average molecular weight is 262 g/mol. The minimum atomic E-state index is -0.234. The van der Waals surface area contributed by atoms with E-state index in [0.717, 1.165) is 18.6 Å². The van der Waals surface area contributed by atoms with Crippen LogP contribution < -0.4 is 11.1 Å². The van der Waals surface area contributed by atoms with Gasteiger partial charge >= 0.3 is 5.97 Å². The number of hydrogen-bond donors (Lipinski definition) is 2. The topological polar surface area (TPSA) is 64.3 Å². The smallest absolute Gasteiger partial charge is 0.322 e. The van der Waals surface area contributed by atoms with Gasteiger partial charge in [-0.15, -0.1) is 0 Å². The van der Waals surface area contributed by atoms with E-state index < -0.39 is 0 Å². The minimum Gasteiger partial charge on any atom is -0.468 e. The van der Waals surface area contributed by atoms with Gasteiger partial charge in [0, 0.05) is 12.6 Å². The predicted octanol–water partition coefficient (Wildman–Crippen LogP) is 1.24. The monoisotopic (exact) mass is 262 g/mol. The minimum absolute atomic E-state index is 0.0847. The van der Waals surface area contributed by atoms with Crippen molar-refractivity contribution in [2.24, 2.45) is 11.7 Å².